The van der Waals surface area contributed by atoms with E-state index in [1.165, 1.54) is 19.3 Å². The summed E-state index contributed by atoms with van der Waals surface area (Å²) in [6, 6.07) is 6.42. The fourth-order valence-electron chi connectivity index (χ4n) is 2.15. The van der Waals surface area contributed by atoms with E-state index in [0.717, 1.165) is 30.1 Å². The number of anilines is 1. The summed E-state index contributed by atoms with van der Waals surface area (Å²) in [7, 11) is 1.69. The Hall–Kier alpha value is -1.22. The predicted octanol–water partition coefficient (Wildman–Crippen LogP) is 3.68. The first-order valence-corrected chi connectivity index (χ1v) is 7.25. The van der Waals surface area contributed by atoms with Gasteiger partial charge in [0.25, 0.3) is 0 Å². The van der Waals surface area contributed by atoms with Gasteiger partial charge >= 0.3 is 0 Å². The van der Waals surface area contributed by atoms with Gasteiger partial charge < -0.3 is 10.5 Å². The molecular weight excluding hydrogens is 236 g/mol. The number of nitrogens with two attached hydrogens (primary N) is 1. The van der Waals surface area contributed by atoms with Gasteiger partial charge in [-0.1, -0.05) is 19.8 Å². The molecule has 0 bridgehead atoms. The zero-order valence-corrected chi connectivity index (χ0v) is 12.8. The zero-order valence-electron chi connectivity index (χ0n) is 12.8. The first-order chi connectivity index (χ1) is 9.08. The maximum Gasteiger partial charge on any atom is 0.119 e. The predicted molar refractivity (Wildman–Crippen MR) is 82.5 cm³/mol. The molecule has 0 aliphatic carbocycles. The molecule has 108 valence electrons. The Morgan fingerprint density at radius 1 is 1.26 bits per heavy atom. The van der Waals surface area contributed by atoms with Crippen LogP contribution in [0.5, 0.6) is 5.75 Å². The second-order valence-corrected chi connectivity index (χ2v) is 5.34. The van der Waals surface area contributed by atoms with Gasteiger partial charge in [0.15, 0.2) is 0 Å². The monoisotopic (exact) mass is 264 g/mol. The highest BCUT2D eigenvalue weighted by atomic mass is 16.5. The Morgan fingerprint density at radius 2 is 2.00 bits per heavy atom. The lowest BCUT2D eigenvalue weighted by molar-refractivity contribution is 0.208. The number of hydrogen-bond donors (Lipinski definition) is 1. The summed E-state index contributed by atoms with van der Waals surface area (Å²) < 4.78 is 5.28. The van der Waals surface area contributed by atoms with Crippen molar-refractivity contribution in [3.05, 3.63) is 23.8 Å². The summed E-state index contributed by atoms with van der Waals surface area (Å²) in [6.45, 7) is 8.73. The molecule has 0 saturated heterocycles. The summed E-state index contributed by atoms with van der Waals surface area (Å²) in [4.78, 5) is 2.47. The number of nitrogen functional groups attached to an aromatic ring is 1. The minimum atomic E-state index is 0.530. The lowest BCUT2D eigenvalue weighted by Gasteiger charge is -2.27. The van der Waals surface area contributed by atoms with Gasteiger partial charge in [-0.15, -0.1) is 0 Å². The summed E-state index contributed by atoms with van der Waals surface area (Å²) in [5.74, 6) is 0.876. The molecule has 1 rings (SSSR count). The highest BCUT2D eigenvalue weighted by molar-refractivity contribution is 5.50. The number of hydrogen-bond acceptors (Lipinski definition) is 3. The molecule has 0 amide bonds. The van der Waals surface area contributed by atoms with E-state index < -0.39 is 0 Å². The third-order valence-corrected chi connectivity index (χ3v) is 3.50. The van der Waals surface area contributed by atoms with Gasteiger partial charge in [0.1, 0.15) is 5.75 Å². The summed E-state index contributed by atoms with van der Waals surface area (Å²) in [6.07, 6.45) is 3.79. The molecule has 0 fully saturated rings. The number of ether oxygens (including phenoxy) is 1. The SMILES string of the molecule is CCCCCN(Cc1cc(OC)ccc1N)C(C)C. The molecule has 0 unspecified atom stereocenters. The summed E-state index contributed by atoms with van der Waals surface area (Å²) in [5, 5.41) is 0. The van der Waals surface area contributed by atoms with Crippen LogP contribution in [0.4, 0.5) is 5.69 Å². The van der Waals surface area contributed by atoms with Crippen LogP contribution in [0.1, 0.15) is 45.6 Å². The van der Waals surface area contributed by atoms with Crippen LogP contribution in [-0.2, 0) is 6.54 Å². The van der Waals surface area contributed by atoms with Crippen molar-refractivity contribution in [3.63, 3.8) is 0 Å². The average Bonchev–Trinajstić information content (AvgIpc) is 2.39. The third-order valence-electron chi connectivity index (χ3n) is 3.50. The molecule has 19 heavy (non-hydrogen) atoms. The Labute approximate surface area is 117 Å². The van der Waals surface area contributed by atoms with Gasteiger partial charge in [-0.05, 0) is 50.6 Å². The number of nitrogens with zero attached hydrogens (tertiary/aromatic N) is 1. The van der Waals surface area contributed by atoms with Crippen molar-refractivity contribution < 1.29 is 4.74 Å². The van der Waals surface area contributed by atoms with Crippen molar-refractivity contribution in [1.29, 1.82) is 0 Å². The largest absolute Gasteiger partial charge is 0.497 e. The minimum Gasteiger partial charge on any atom is -0.497 e. The molecule has 3 nitrogen and oxygen atoms in total. The molecule has 0 radical (unpaired) electrons. The van der Waals surface area contributed by atoms with E-state index in [9.17, 15) is 0 Å². The Bertz CT molecular complexity index is 377. The fraction of sp³-hybridized carbons (Fsp3) is 0.625. The smallest absolute Gasteiger partial charge is 0.119 e. The zero-order chi connectivity index (χ0) is 14.3. The van der Waals surface area contributed by atoms with Crippen molar-refractivity contribution in [3.8, 4) is 5.75 Å². The highest BCUT2D eigenvalue weighted by Crippen LogP contribution is 2.22. The molecule has 3 heteroatoms. The molecule has 0 spiro atoms. The third kappa shape index (κ3) is 5.11. The molecule has 0 aliphatic heterocycles. The maximum atomic E-state index is 6.07. The molecule has 0 heterocycles. The first-order valence-electron chi connectivity index (χ1n) is 7.25. The molecule has 0 aromatic heterocycles. The van der Waals surface area contributed by atoms with Crippen LogP contribution in [0.3, 0.4) is 0 Å². The van der Waals surface area contributed by atoms with Crippen molar-refractivity contribution in [2.45, 2.75) is 52.6 Å². The number of methoxy groups -OCH3 is 1. The fourth-order valence-corrected chi connectivity index (χ4v) is 2.15. The molecular formula is C16H28N2O. The first kappa shape index (κ1) is 15.8. The lowest BCUT2D eigenvalue weighted by Crippen LogP contribution is -2.31. The Balaban J connectivity index is 2.72. The van der Waals surface area contributed by atoms with Crippen molar-refractivity contribution >= 4 is 5.69 Å². The topological polar surface area (TPSA) is 38.5 Å². The van der Waals surface area contributed by atoms with E-state index in [4.69, 9.17) is 10.5 Å². The molecule has 1 aromatic rings. The molecule has 0 aliphatic rings. The normalized spacial score (nSPS) is 11.3. The van der Waals surface area contributed by atoms with Gasteiger partial charge in [-0.2, -0.15) is 0 Å². The second kappa shape index (κ2) is 8.05. The van der Waals surface area contributed by atoms with Crippen LogP contribution in [0.25, 0.3) is 0 Å². The van der Waals surface area contributed by atoms with Crippen LogP contribution < -0.4 is 10.5 Å². The van der Waals surface area contributed by atoms with Crippen LogP contribution in [0.15, 0.2) is 18.2 Å². The Morgan fingerprint density at radius 3 is 2.58 bits per heavy atom. The van der Waals surface area contributed by atoms with E-state index in [1.54, 1.807) is 7.11 Å². The quantitative estimate of drug-likeness (QED) is 0.575. The lowest BCUT2D eigenvalue weighted by atomic mass is 10.1. The summed E-state index contributed by atoms with van der Waals surface area (Å²) >= 11 is 0. The van der Waals surface area contributed by atoms with Crippen LogP contribution in [0, 0.1) is 0 Å². The van der Waals surface area contributed by atoms with E-state index in [2.05, 4.69) is 25.7 Å². The van der Waals surface area contributed by atoms with Gasteiger partial charge in [-0.25, -0.2) is 0 Å². The van der Waals surface area contributed by atoms with Gasteiger partial charge in [0.05, 0.1) is 7.11 Å². The number of rotatable bonds is 8. The van der Waals surface area contributed by atoms with Crippen molar-refractivity contribution in [2.75, 3.05) is 19.4 Å². The van der Waals surface area contributed by atoms with Crippen molar-refractivity contribution in [1.82, 2.24) is 4.90 Å². The minimum absolute atomic E-state index is 0.530. The van der Waals surface area contributed by atoms with Gasteiger partial charge in [-0.3, -0.25) is 4.90 Å². The maximum absolute atomic E-state index is 6.07. The highest BCUT2D eigenvalue weighted by Gasteiger charge is 2.12. The van der Waals surface area contributed by atoms with Gasteiger partial charge in [0.2, 0.25) is 0 Å². The number of benzene rings is 1. The van der Waals surface area contributed by atoms with E-state index >= 15 is 0 Å². The van der Waals surface area contributed by atoms with Crippen molar-refractivity contribution in [2.24, 2.45) is 0 Å². The van der Waals surface area contributed by atoms with E-state index in [-0.39, 0.29) is 0 Å². The molecule has 2 N–H and O–H groups in total. The molecule has 0 saturated carbocycles. The summed E-state index contributed by atoms with van der Waals surface area (Å²) in [5.41, 5.74) is 8.07. The molecule has 0 atom stereocenters. The molecule has 1 aromatic carbocycles. The Kier molecular flexibility index (Phi) is 6.71. The van der Waals surface area contributed by atoms with Gasteiger partial charge in [0, 0.05) is 18.3 Å². The van der Waals surface area contributed by atoms with E-state index in [1.807, 2.05) is 18.2 Å². The van der Waals surface area contributed by atoms with Crippen LogP contribution >= 0.6 is 0 Å². The van der Waals surface area contributed by atoms with Crippen LogP contribution in [0.2, 0.25) is 0 Å². The standard InChI is InChI=1S/C16H28N2O/c1-5-6-7-10-18(13(2)3)12-14-11-15(19-4)8-9-16(14)17/h8-9,11,13H,5-7,10,12,17H2,1-4H3. The second-order valence-electron chi connectivity index (χ2n) is 5.34. The number of unbranched alkanes of at least 4 members (excludes halogenated alkanes) is 2. The van der Waals surface area contributed by atoms with Crippen LogP contribution in [-0.4, -0.2) is 24.6 Å². The van der Waals surface area contributed by atoms with E-state index in [0.29, 0.717) is 6.04 Å². The average molecular weight is 264 g/mol.